The summed E-state index contributed by atoms with van der Waals surface area (Å²) in [6, 6.07) is 91.8. The number of aromatic amines is 1. The molecule has 2 aliphatic carbocycles. The Morgan fingerprint density at radius 1 is 0.297 bits per heavy atom. The smallest absolute Gasteiger partial charge is 0.0731 e. The second-order valence-electron chi connectivity index (χ2n) is 20.6. The van der Waals surface area contributed by atoms with Crippen molar-refractivity contribution in [2.45, 2.75) is 5.41 Å². The molecule has 0 amide bonds. The molecule has 2 nitrogen and oxygen atoms in total. The van der Waals surface area contributed by atoms with Crippen LogP contribution in [0, 0.1) is 0 Å². The third-order valence-electron chi connectivity index (χ3n) is 17.3. The van der Waals surface area contributed by atoms with Gasteiger partial charge in [-0.15, -0.1) is 0 Å². The standard InChI is InChI=1S/C72H44N2/c1-74-65-40-13-9-22-47(65)55-34-17-33-54(71(55)74)45-28-15-30-50-60(45)41-59-44(52-31-16-32-53-46-21-8-12-39-64(46)73-70(52)53)27-14-29-49(59)66(50)58-35-18-38-63-67(58)56-25-6-10-36-61(56)72(63)62-37-11-7-26-57(62)68-48-23-4-2-19-42(48)43-20-3-5-24-51(43)69(68)72/h2-41,73H,1H3. The first-order chi connectivity index (χ1) is 36.7. The van der Waals surface area contributed by atoms with Gasteiger partial charge in [0.2, 0.25) is 0 Å². The third kappa shape index (κ3) is 4.95. The number of rotatable bonds is 3. The van der Waals surface area contributed by atoms with E-state index in [2.05, 4.69) is 259 Å². The molecule has 1 spiro atoms. The molecule has 0 aliphatic heterocycles. The Hall–Kier alpha value is -9.50. The van der Waals surface area contributed by atoms with E-state index in [0.29, 0.717) is 0 Å². The Labute approximate surface area is 427 Å². The van der Waals surface area contributed by atoms with Crippen molar-refractivity contribution in [1.29, 1.82) is 0 Å². The second-order valence-corrected chi connectivity index (χ2v) is 20.6. The number of hydrogen-bond acceptors (Lipinski definition) is 0. The third-order valence-corrected chi connectivity index (χ3v) is 17.3. The van der Waals surface area contributed by atoms with Crippen LogP contribution in [0.3, 0.4) is 0 Å². The molecule has 0 fully saturated rings. The van der Waals surface area contributed by atoms with Gasteiger partial charge >= 0.3 is 0 Å². The summed E-state index contributed by atoms with van der Waals surface area (Å²) in [6.07, 6.45) is 0. The summed E-state index contributed by atoms with van der Waals surface area (Å²) in [5.41, 5.74) is 22.3. The predicted octanol–water partition coefficient (Wildman–Crippen LogP) is 18.9. The highest BCUT2D eigenvalue weighted by Crippen LogP contribution is 2.67. The molecule has 0 bridgehead atoms. The molecule has 1 N–H and O–H groups in total. The number of nitrogens with one attached hydrogen (secondary N) is 1. The van der Waals surface area contributed by atoms with Gasteiger partial charge in [0.1, 0.15) is 0 Å². The first kappa shape index (κ1) is 40.1. The van der Waals surface area contributed by atoms with E-state index in [-0.39, 0.29) is 0 Å². The van der Waals surface area contributed by atoms with Gasteiger partial charge in [0.15, 0.2) is 0 Å². The molecule has 13 aromatic carbocycles. The highest BCUT2D eigenvalue weighted by atomic mass is 14.9. The zero-order valence-electron chi connectivity index (χ0n) is 40.5. The van der Waals surface area contributed by atoms with Crippen molar-refractivity contribution in [3.8, 4) is 55.6 Å². The first-order valence-electron chi connectivity index (χ1n) is 25.9. The lowest BCUT2D eigenvalue weighted by atomic mass is 9.69. The number of aryl methyl sites for hydroxylation is 1. The minimum Gasteiger partial charge on any atom is -0.354 e. The maximum Gasteiger partial charge on any atom is 0.0731 e. The van der Waals surface area contributed by atoms with Crippen LogP contribution < -0.4 is 0 Å². The van der Waals surface area contributed by atoms with Crippen LogP contribution in [0.5, 0.6) is 0 Å². The molecule has 2 heteroatoms. The Morgan fingerprint density at radius 2 is 0.757 bits per heavy atom. The summed E-state index contributed by atoms with van der Waals surface area (Å²) in [5.74, 6) is 0. The van der Waals surface area contributed by atoms with Gasteiger partial charge in [-0.1, -0.05) is 224 Å². The maximum atomic E-state index is 3.88. The molecule has 0 saturated carbocycles. The molecular formula is C72H44N2. The summed E-state index contributed by atoms with van der Waals surface area (Å²) >= 11 is 0. The van der Waals surface area contributed by atoms with Gasteiger partial charge in [0.05, 0.1) is 16.4 Å². The quantitative estimate of drug-likeness (QED) is 0.135. The number of nitrogens with zero attached hydrogens (tertiary/aromatic N) is 1. The number of fused-ring (bicyclic) bond motifs is 23. The summed E-state index contributed by atoms with van der Waals surface area (Å²) in [4.78, 5) is 3.88. The van der Waals surface area contributed by atoms with Gasteiger partial charge < -0.3 is 9.55 Å². The molecule has 0 radical (unpaired) electrons. The van der Waals surface area contributed by atoms with Crippen molar-refractivity contribution in [3.63, 3.8) is 0 Å². The van der Waals surface area contributed by atoms with E-state index in [1.807, 2.05) is 0 Å². The average molecular weight is 937 g/mol. The molecule has 2 heterocycles. The van der Waals surface area contributed by atoms with Gasteiger partial charge in [0, 0.05) is 50.8 Å². The van der Waals surface area contributed by atoms with E-state index < -0.39 is 5.41 Å². The number of aromatic nitrogens is 2. The first-order valence-corrected chi connectivity index (χ1v) is 25.9. The van der Waals surface area contributed by atoms with Crippen molar-refractivity contribution >= 4 is 86.7 Å². The number of H-pyrrole nitrogens is 1. The van der Waals surface area contributed by atoms with Crippen LogP contribution in [-0.4, -0.2) is 9.55 Å². The van der Waals surface area contributed by atoms with E-state index in [9.17, 15) is 0 Å². The molecule has 17 rings (SSSR count). The lowest BCUT2D eigenvalue weighted by Crippen LogP contribution is -2.26. The second kappa shape index (κ2) is 14.6. The fraction of sp³-hybridized carbons (Fsp3) is 0.0278. The van der Waals surface area contributed by atoms with Crippen molar-refractivity contribution in [2.24, 2.45) is 7.05 Å². The monoisotopic (exact) mass is 936 g/mol. The van der Waals surface area contributed by atoms with Crippen LogP contribution in [-0.2, 0) is 12.5 Å². The number of hydrogen-bond donors (Lipinski definition) is 1. The van der Waals surface area contributed by atoms with Crippen LogP contribution in [0.25, 0.3) is 142 Å². The Kier molecular flexibility index (Phi) is 7.90. The molecule has 1 atom stereocenters. The van der Waals surface area contributed by atoms with Gasteiger partial charge in [-0.3, -0.25) is 0 Å². The molecule has 2 aliphatic rings. The Morgan fingerprint density at radius 3 is 1.50 bits per heavy atom. The van der Waals surface area contributed by atoms with E-state index in [4.69, 9.17) is 0 Å². The van der Waals surface area contributed by atoms with E-state index in [0.717, 1.165) is 11.0 Å². The van der Waals surface area contributed by atoms with Crippen molar-refractivity contribution < 1.29 is 0 Å². The normalized spacial score (nSPS) is 14.6. The average Bonchev–Trinajstić information content (AvgIpc) is 4.25. The fourth-order valence-electron chi connectivity index (χ4n) is 14.5. The minimum atomic E-state index is -0.566. The topological polar surface area (TPSA) is 20.7 Å². The maximum absolute atomic E-state index is 3.88. The number of benzene rings is 13. The van der Waals surface area contributed by atoms with Crippen molar-refractivity contribution in [2.75, 3.05) is 0 Å². The number of para-hydroxylation sites is 4. The van der Waals surface area contributed by atoms with Crippen LogP contribution in [0.2, 0.25) is 0 Å². The van der Waals surface area contributed by atoms with E-state index in [1.54, 1.807) is 0 Å². The van der Waals surface area contributed by atoms with Crippen molar-refractivity contribution in [3.05, 3.63) is 265 Å². The van der Waals surface area contributed by atoms with Crippen LogP contribution >= 0.6 is 0 Å². The molecular weight excluding hydrogens is 893 g/mol. The highest BCUT2D eigenvalue weighted by Gasteiger charge is 2.53. The Balaban J connectivity index is 1.03. The summed E-state index contributed by atoms with van der Waals surface area (Å²) in [7, 11) is 2.23. The summed E-state index contributed by atoms with van der Waals surface area (Å²) in [6.45, 7) is 0. The molecule has 342 valence electrons. The molecule has 74 heavy (non-hydrogen) atoms. The van der Waals surface area contributed by atoms with Gasteiger partial charge in [-0.25, -0.2) is 0 Å². The predicted molar refractivity (Wildman–Crippen MR) is 312 cm³/mol. The van der Waals surface area contributed by atoms with E-state index >= 15 is 0 Å². The zero-order chi connectivity index (χ0) is 48.4. The Bertz CT molecular complexity index is 4980. The summed E-state index contributed by atoms with van der Waals surface area (Å²) < 4.78 is 2.40. The lowest BCUT2D eigenvalue weighted by Gasteiger charge is -2.32. The van der Waals surface area contributed by atoms with Gasteiger partial charge in [-0.2, -0.15) is 0 Å². The molecule has 1 unspecified atom stereocenters. The minimum absolute atomic E-state index is 0.566. The van der Waals surface area contributed by atoms with Gasteiger partial charge in [0.25, 0.3) is 0 Å². The van der Waals surface area contributed by atoms with Crippen LogP contribution in [0.4, 0.5) is 0 Å². The fourth-order valence-corrected chi connectivity index (χ4v) is 14.5. The van der Waals surface area contributed by atoms with E-state index in [1.165, 1.54) is 154 Å². The van der Waals surface area contributed by atoms with Crippen molar-refractivity contribution in [1.82, 2.24) is 9.55 Å². The molecule has 0 saturated heterocycles. The van der Waals surface area contributed by atoms with Gasteiger partial charge in [-0.05, 0) is 128 Å². The van der Waals surface area contributed by atoms with Crippen LogP contribution in [0.1, 0.15) is 22.3 Å². The molecule has 2 aromatic heterocycles. The highest BCUT2D eigenvalue weighted by molar-refractivity contribution is 6.25. The SMILES string of the molecule is Cn1c2ccccc2c2cccc(-c3cccc4c(-c5cccc6c5-c5ccccc5C65c6ccccc6-c6c5c5ccccc5c5ccccc65)c5cccc(-c6cccc7c6[nH]c6ccccc67)c5cc34)c21. The molecule has 15 aromatic rings. The van der Waals surface area contributed by atoms with Crippen LogP contribution in [0.15, 0.2) is 243 Å². The zero-order valence-corrected chi connectivity index (χ0v) is 40.5. The summed E-state index contributed by atoms with van der Waals surface area (Å²) in [5, 5.41) is 15.2. The lowest BCUT2D eigenvalue weighted by molar-refractivity contribution is 0.802. The largest absolute Gasteiger partial charge is 0.354 e.